The minimum Gasteiger partial charge on any atom is -0.380 e. The minimum atomic E-state index is -0.889. The average molecular weight is 524 g/mol. The first kappa shape index (κ1) is 27.7. The zero-order valence-corrected chi connectivity index (χ0v) is 22.5. The van der Waals surface area contributed by atoms with Crippen LogP contribution in [0.2, 0.25) is 0 Å². The second kappa shape index (κ2) is 12.5. The molecule has 0 bridgehead atoms. The highest BCUT2D eigenvalue weighted by Gasteiger charge is 2.44. The predicted octanol–water partition coefficient (Wildman–Crippen LogP) is 0.140. The molecule has 9 nitrogen and oxygen atoms in total. The Morgan fingerprint density at radius 3 is 2.49 bits per heavy atom. The molecule has 1 saturated carbocycles. The molecule has 5 unspecified atom stereocenters. The van der Waals surface area contributed by atoms with E-state index in [1.165, 1.54) is 12.8 Å². The number of piperidine rings is 1. The summed E-state index contributed by atoms with van der Waals surface area (Å²) in [7, 11) is 0. The molecule has 4 saturated heterocycles. The molecule has 0 aromatic rings. The highest BCUT2D eigenvalue weighted by molar-refractivity contribution is 5.80. The molecule has 6 atom stereocenters. The van der Waals surface area contributed by atoms with Crippen molar-refractivity contribution in [3.8, 4) is 0 Å². The van der Waals surface area contributed by atoms with E-state index in [9.17, 15) is 9.18 Å². The number of nitrogens with zero attached hydrogens (tertiary/aromatic N) is 2. The maximum absolute atomic E-state index is 14.6. The normalized spacial score (nSPS) is 36.9. The first-order valence-electron chi connectivity index (χ1n) is 14.9. The summed E-state index contributed by atoms with van der Waals surface area (Å²) < 4.78 is 20.2. The molecule has 0 radical (unpaired) electrons. The van der Waals surface area contributed by atoms with Gasteiger partial charge in [0.15, 0.2) is 0 Å². The van der Waals surface area contributed by atoms with Crippen LogP contribution < -0.4 is 27.4 Å². The SMILES string of the molecule is NC(N)C(C(=O)NC1CNCCC1N1CCN(C2CCOC2)CC1)[C@@H]1CC2(CCCC2)CCC(F)CN1. The first-order chi connectivity index (χ1) is 17.9. The van der Waals surface area contributed by atoms with Crippen LogP contribution in [0, 0.1) is 11.3 Å². The van der Waals surface area contributed by atoms with Crippen LogP contribution in [0.1, 0.15) is 57.8 Å². The highest BCUT2D eigenvalue weighted by atomic mass is 19.1. The summed E-state index contributed by atoms with van der Waals surface area (Å²) in [6.07, 6.45) is 7.39. The van der Waals surface area contributed by atoms with E-state index in [-0.39, 0.29) is 30.0 Å². The summed E-state index contributed by atoms with van der Waals surface area (Å²) in [5.41, 5.74) is 12.7. The molecule has 1 spiro atoms. The van der Waals surface area contributed by atoms with Gasteiger partial charge in [-0.25, -0.2) is 4.39 Å². The molecule has 212 valence electrons. The molecule has 37 heavy (non-hydrogen) atoms. The molecule has 4 aliphatic heterocycles. The number of carbonyl (C=O) groups is 1. The van der Waals surface area contributed by atoms with Gasteiger partial charge in [0.05, 0.1) is 24.7 Å². The van der Waals surface area contributed by atoms with Gasteiger partial charge in [0.1, 0.15) is 6.17 Å². The summed E-state index contributed by atoms with van der Waals surface area (Å²) in [4.78, 5) is 18.9. The third-order valence-electron chi connectivity index (χ3n) is 10.1. The van der Waals surface area contributed by atoms with Crippen LogP contribution in [0.4, 0.5) is 4.39 Å². The Bertz CT molecular complexity index is 738. The zero-order chi connectivity index (χ0) is 25.8. The van der Waals surface area contributed by atoms with Gasteiger partial charge < -0.3 is 32.2 Å². The second-order valence-corrected chi connectivity index (χ2v) is 12.4. The number of amides is 1. The largest absolute Gasteiger partial charge is 0.380 e. The molecule has 5 fully saturated rings. The van der Waals surface area contributed by atoms with E-state index in [0.717, 1.165) is 91.0 Å². The van der Waals surface area contributed by atoms with Crippen molar-refractivity contribution in [2.24, 2.45) is 22.8 Å². The molecule has 0 aromatic heterocycles. The van der Waals surface area contributed by atoms with Crippen LogP contribution in [0.3, 0.4) is 0 Å². The summed E-state index contributed by atoms with van der Waals surface area (Å²) in [6, 6.07) is 0.653. The number of alkyl halides is 1. The number of rotatable bonds is 6. The molecule has 5 aliphatic rings. The van der Waals surface area contributed by atoms with E-state index in [1.807, 2.05) is 0 Å². The van der Waals surface area contributed by atoms with Crippen LogP contribution in [0.5, 0.6) is 0 Å². The van der Waals surface area contributed by atoms with E-state index in [0.29, 0.717) is 18.5 Å². The molecule has 5 rings (SSSR count). The Labute approximate surface area is 221 Å². The molecule has 10 heteroatoms. The quantitative estimate of drug-likeness (QED) is 0.312. The molecule has 1 aliphatic carbocycles. The summed E-state index contributed by atoms with van der Waals surface area (Å²) in [6.45, 7) is 7.82. The second-order valence-electron chi connectivity index (χ2n) is 12.4. The van der Waals surface area contributed by atoms with Gasteiger partial charge in [-0.2, -0.15) is 0 Å². The van der Waals surface area contributed by atoms with Crippen LogP contribution >= 0.6 is 0 Å². The number of piperazine rings is 1. The van der Waals surface area contributed by atoms with E-state index >= 15 is 0 Å². The number of halogens is 1. The van der Waals surface area contributed by atoms with Crippen molar-refractivity contribution in [1.29, 1.82) is 0 Å². The van der Waals surface area contributed by atoms with Gasteiger partial charge in [0, 0.05) is 64.0 Å². The third-order valence-corrected chi connectivity index (χ3v) is 10.1. The van der Waals surface area contributed by atoms with Crippen molar-refractivity contribution in [2.45, 2.75) is 94.3 Å². The first-order valence-corrected chi connectivity index (χ1v) is 14.9. The average Bonchev–Trinajstić information content (AvgIpc) is 3.59. The molecule has 4 heterocycles. The van der Waals surface area contributed by atoms with Crippen molar-refractivity contribution in [1.82, 2.24) is 25.8 Å². The lowest BCUT2D eigenvalue weighted by atomic mass is 9.72. The molecular weight excluding hydrogens is 473 g/mol. The van der Waals surface area contributed by atoms with Gasteiger partial charge in [0.2, 0.25) is 5.91 Å². The van der Waals surface area contributed by atoms with Crippen molar-refractivity contribution in [2.75, 3.05) is 59.0 Å². The van der Waals surface area contributed by atoms with Gasteiger partial charge >= 0.3 is 0 Å². The molecule has 1 amide bonds. The Morgan fingerprint density at radius 2 is 1.78 bits per heavy atom. The number of hydrogen-bond acceptors (Lipinski definition) is 8. The van der Waals surface area contributed by atoms with Crippen LogP contribution in [-0.2, 0) is 9.53 Å². The van der Waals surface area contributed by atoms with E-state index in [2.05, 4.69) is 25.8 Å². The van der Waals surface area contributed by atoms with Crippen LogP contribution in [-0.4, -0.2) is 111 Å². The topological polar surface area (TPSA) is 121 Å². The van der Waals surface area contributed by atoms with Gasteiger partial charge in [-0.1, -0.05) is 12.8 Å². The van der Waals surface area contributed by atoms with Gasteiger partial charge in [0.25, 0.3) is 0 Å². The smallest absolute Gasteiger partial charge is 0.227 e. The fourth-order valence-electron chi connectivity index (χ4n) is 7.90. The Hall–Kier alpha value is -0.880. The number of ether oxygens (including phenoxy) is 1. The van der Waals surface area contributed by atoms with Crippen LogP contribution in [0.15, 0.2) is 0 Å². The number of nitrogens with one attached hydrogen (secondary N) is 3. The van der Waals surface area contributed by atoms with Crippen molar-refractivity contribution >= 4 is 5.91 Å². The van der Waals surface area contributed by atoms with E-state index in [4.69, 9.17) is 16.2 Å². The number of hydrogen-bond donors (Lipinski definition) is 5. The third kappa shape index (κ3) is 6.65. The molecule has 7 N–H and O–H groups in total. The fourth-order valence-corrected chi connectivity index (χ4v) is 7.90. The minimum absolute atomic E-state index is 0.00628. The van der Waals surface area contributed by atoms with Crippen molar-refractivity contribution in [3.63, 3.8) is 0 Å². The standard InChI is InChI=1S/C27H50FN7O2/c28-19-3-8-27(6-1-2-7-27)15-21(32-16-19)24(25(29)30)26(36)33-22-17-31-9-4-23(22)35-12-10-34(11-13-35)20-5-14-37-18-20/h19-25,31-32H,1-18,29-30H2,(H,33,36)/t19?,20?,21-,22?,23?,24?/m0/s1. The lowest BCUT2D eigenvalue weighted by Gasteiger charge is -2.46. The van der Waals surface area contributed by atoms with Crippen LogP contribution in [0.25, 0.3) is 0 Å². The van der Waals surface area contributed by atoms with Gasteiger partial charge in [-0.05, 0) is 56.9 Å². The summed E-state index contributed by atoms with van der Waals surface area (Å²) >= 11 is 0. The van der Waals surface area contributed by atoms with E-state index < -0.39 is 18.3 Å². The van der Waals surface area contributed by atoms with Crippen molar-refractivity contribution in [3.05, 3.63) is 0 Å². The Morgan fingerprint density at radius 1 is 1.03 bits per heavy atom. The Balaban J connectivity index is 1.23. The maximum Gasteiger partial charge on any atom is 0.227 e. The summed E-state index contributed by atoms with van der Waals surface area (Å²) in [5, 5.41) is 10.2. The van der Waals surface area contributed by atoms with Crippen molar-refractivity contribution < 1.29 is 13.9 Å². The molecule has 0 aromatic carbocycles. The predicted molar refractivity (Wildman–Crippen MR) is 143 cm³/mol. The van der Waals surface area contributed by atoms with Gasteiger partial charge in [-0.3, -0.25) is 14.6 Å². The maximum atomic E-state index is 14.6. The summed E-state index contributed by atoms with van der Waals surface area (Å²) in [5.74, 6) is -0.665. The van der Waals surface area contributed by atoms with Gasteiger partial charge in [-0.15, -0.1) is 0 Å². The highest BCUT2D eigenvalue weighted by Crippen LogP contribution is 2.47. The Kier molecular flexibility index (Phi) is 9.37. The van der Waals surface area contributed by atoms with E-state index in [1.54, 1.807) is 0 Å². The lowest BCUT2D eigenvalue weighted by molar-refractivity contribution is -0.128. The molecular formula is C27H50FN7O2. The monoisotopic (exact) mass is 523 g/mol. The number of carbonyl (C=O) groups excluding carboxylic acids is 1. The fraction of sp³-hybridized carbons (Fsp3) is 0.963. The zero-order valence-electron chi connectivity index (χ0n) is 22.5. The number of nitrogens with two attached hydrogens (primary N) is 2. The lowest BCUT2D eigenvalue weighted by Crippen LogP contribution is -2.66.